The Kier molecular flexibility index (Phi) is 4.54. The number of carbonyl (C=O) groups is 1. The molecule has 1 aromatic rings. The van der Waals surface area contributed by atoms with E-state index >= 15 is 0 Å². The van der Waals surface area contributed by atoms with E-state index in [0.29, 0.717) is 25.2 Å². The summed E-state index contributed by atoms with van der Waals surface area (Å²) < 4.78 is 27.1. The Balaban J connectivity index is 1.64. The summed E-state index contributed by atoms with van der Waals surface area (Å²) in [5.74, 6) is -0.144. The van der Waals surface area contributed by atoms with Crippen molar-refractivity contribution in [2.75, 3.05) is 13.1 Å². The minimum atomic E-state index is -3.61. The van der Waals surface area contributed by atoms with Gasteiger partial charge in [-0.3, -0.25) is 4.79 Å². The molecule has 0 spiro atoms. The second-order valence-electron chi connectivity index (χ2n) is 5.99. The molecule has 2 fully saturated rings. The average Bonchev–Trinajstić information content (AvgIpc) is 3.07. The summed E-state index contributed by atoms with van der Waals surface area (Å²) in [4.78, 5) is 14.3. The maximum absolute atomic E-state index is 12.5. The summed E-state index contributed by atoms with van der Waals surface area (Å²) in [5.41, 5.74) is 0. The molecule has 2 N–H and O–H groups in total. The summed E-state index contributed by atoms with van der Waals surface area (Å²) in [6.07, 6.45) is 3.20. The molecule has 0 aromatic carbocycles. The van der Waals surface area contributed by atoms with E-state index in [1.807, 2.05) is 0 Å². The molecule has 6 nitrogen and oxygen atoms in total. The molecule has 1 aromatic heterocycles. The number of hydrogen-bond acceptors (Lipinski definition) is 5. The number of sulfonamides is 1. The summed E-state index contributed by atoms with van der Waals surface area (Å²) in [6, 6.07) is 3.32. The van der Waals surface area contributed by atoms with Crippen LogP contribution in [0.3, 0.4) is 0 Å². The third-order valence-electron chi connectivity index (χ3n) is 4.30. The quantitative estimate of drug-likeness (QED) is 0.846. The Bertz CT molecular complexity index is 630. The zero-order chi connectivity index (χ0) is 15.7. The van der Waals surface area contributed by atoms with Crippen molar-refractivity contribution in [3.8, 4) is 0 Å². The molecule has 2 bridgehead atoms. The van der Waals surface area contributed by atoms with E-state index in [0.717, 1.165) is 24.2 Å². The average molecular weight is 343 g/mol. The highest BCUT2D eigenvalue weighted by Crippen LogP contribution is 2.21. The molecule has 2 aliphatic rings. The Hall–Kier alpha value is -0.960. The molecular weight excluding hydrogens is 322 g/mol. The molecule has 0 radical (unpaired) electrons. The van der Waals surface area contributed by atoms with Gasteiger partial charge in [0.05, 0.1) is 6.04 Å². The van der Waals surface area contributed by atoms with Crippen LogP contribution in [0.2, 0.25) is 0 Å². The molecule has 0 saturated carbocycles. The zero-order valence-electron chi connectivity index (χ0n) is 12.5. The van der Waals surface area contributed by atoms with Gasteiger partial charge in [0, 0.05) is 25.2 Å². The van der Waals surface area contributed by atoms with Crippen molar-refractivity contribution in [2.45, 2.75) is 48.5 Å². The first kappa shape index (κ1) is 15.9. The highest BCUT2D eigenvalue weighted by atomic mass is 32.2. The molecular formula is C14H21N3O3S2. The Labute approximate surface area is 134 Å². The molecule has 2 saturated heterocycles. The van der Waals surface area contributed by atoms with Crippen LogP contribution in [0.1, 0.15) is 26.2 Å². The maximum atomic E-state index is 12.5. The van der Waals surface area contributed by atoms with Crippen LogP contribution < -0.4 is 10.0 Å². The van der Waals surface area contributed by atoms with Crippen LogP contribution in [0, 0.1) is 0 Å². The Morgan fingerprint density at radius 3 is 2.91 bits per heavy atom. The van der Waals surface area contributed by atoms with E-state index in [1.165, 1.54) is 6.42 Å². The van der Waals surface area contributed by atoms with Gasteiger partial charge in [-0.2, -0.15) is 4.72 Å². The number of likely N-dealkylation sites (tertiary alicyclic amines) is 1. The zero-order valence-corrected chi connectivity index (χ0v) is 14.1. The lowest BCUT2D eigenvalue weighted by atomic mass is 10.1. The lowest BCUT2D eigenvalue weighted by Gasteiger charge is -2.27. The maximum Gasteiger partial charge on any atom is 0.250 e. The topological polar surface area (TPSA) is 78.5 Å². The van der Waals surface area contributed by atoms with Gasteiger partial charge in [0.2, 0.25) is 5.91 Å². The lowest BCUT2D eigenvalue weighted by molar-refractivity contribution is -0.132. The van der Waals surface area contributed by atoms with E-state index in [1.54, 1.807) is 29.3 Å². The standard InChI is InChI=1S/C14H21N3O3S2/c1-10(16-22(19,20)13-3-2-8-21-13)14(18)17-7-6-11-4-5-12(9-17)15-11/h2-3,8,10-12,15-16H,4-7,9H2,1H3. The summed E-state index contributed by atoms with van der Waals surface area (Å²) >= 11 is 1.15. The summed E-state index contributed by atoms with van der Waals surface area (Å²) in [6.45, 7) is 2.97. The smallest absolute Gasteiger partial charge is 0.250 e. The SMILES string of the molecule is CC(NS(=O)(=O)c1cccs1)C(=O)N1CCC2CCC(C1)N2. The van der Waals surface area contributed by atoms with Crippen molar-refractivity contribution < 1.29 is 13.2 Å². The van der Waals surface area contributed by atoms with Gasteiger partial charge in [0.25, 0.3) is 10.0 Å². The molecule has 3 atom stereocenters. The lowest BCUT2D eigenvalue weighted by Crippen LogP contribution is -2.49. The van der Waals surface area contributed by atoms with Gasteiger partial charge in [-0.05, 0) is 37.6 Å². The van der Waals surface area contributed by atoms with Crippen LogP contribution >= 0.6 is 11.3 Å². The Morgan fingerprint density at radius 2 is 2.18 bits per heavy atom. The fourth-order valence-electron chi connectivity index (χ4n) is 3.17. The minimum absolute atomic E-state index is 0.144. The first-order valence-electron chi connectivity index (χ1n) is 7.56. The van der Waals surface area contributed by atoms with Gasteiger partial charge in [-0.15, -0.1) is 11.3 Å². The van der Waals surface area contributed by atoms with Crippen LogP contribution in [0.4, 0.5) is 0 Å². The first-order valence-corrected chi connectivity index (χ1v) is 9.92. The van der Waals surface area contributed by atoms with Crippen molar-refractivity contribution in [3.63, 3.8) is 0 Å². The van der Waals surface area contributed by atoms with Gasteiger partial charge in [0.1, 0.15) is 4.21 Å². The number of thiophene rings is 1. The predicted octanol–water partition coefficient (Wildman–Crippen LogP) is 0.768. The van der Waals surface area contributed by atoms with Crippen molar-refractivity contribution in [1.82, 2.24) is 14.9 Å². The molecule has 2 aliphatic heterocycles. The van der Waals surface area contributed by atoms with E-state index in [-0.39, 0.29) is 10.1 Å². The minimum Gasteiger partial charge on any atom is -0.340 e. The number of carbonyl (C=O) groups excluding carboxylic acids is 1. The third-order valence-corrected chi connectivity index (χ3v) is 7.24. The molecule has 3 unspecified atom stereocenters. The van der Waals surface area contributed by atoms with Crippen LogP contribution in [-0.4, -0.2) is 50.4 Å². The summed E-state index contributed by atoms with van der Waals surface area (Å²) in [7, 11) is -3.61. The van der Waals surface area contributed by atoms with Crippen LogP contribution in [-0.2, 0) is 14.8 Å². The number of rotatable bonds is 4. The van der Waals surface area contributed by atoms with E-state index in [9.17, 15) is 13.2 Å². The van der Waals surface area contributed by atoms with Gasteiger partial charge in [0.15, 0.2) is 0 Å². The normalized spacial score (nSPS) is 26.7. The molecule has 1 amide bonds. The van der Waals surface area contributed by atoms with E-state index < -0.39 is 16.1 Å². The van der Waals surface area contributed by atoms with E-state index in [2.05, 4.69) is 10.0 Å². The monoisotopic (exact) mass is 343 g/mol. The van der Waals surface area contributed by atoms with E-state index in [4.69, 9.17) is 0 Å². The summed E-state index contributed by atoms with van der Waals surface area (Å²) in [5, 5.41) is 5.22. The van der Waals surface area contributed by atoms with Gasteiger partial charge < -0.3 is 10.2 Å². The van der Waals surface area contributed by atoms with Crippen molar-refractivity contribution in [3.05, 3.63) is 17.5 Å². The highest BCUT2D eigenvalue weighted by Gasteiger charge is 2.33. The highest BCUT2D eigenvalue weighted by molar-refractivity contribution is 7.91. The van der Waals surface area contributed by atoms with Gasteiger partial charge in [-0.1, -0.05) is 6.07 Å². The molecule has 8 heteroatoms. The molecule has 3 heterocycles. The van der Waals surface area contributed by atoms with Crippen molar-refractivity contribution in [1.29, 1.82) is 0 Å². The number of amides is 1. The van der Waals surface area contributed by atoms with Crippen LogP contribution in [0.5, 0.6) is 0 Å². The fraction of sp³-hybridized carbons (Fsp3) is 0.643. The number of hydrogen-bond donors (Lipinski definition) is 2. The number of fused-ring (bicyclic) bond motifs is 2. The molecule has 122 valence electrons. The second-order valence-corrected chi connectivity index (χ2v) is 8.87. The number of nitrogens with zero attached hydrogens (tertiary/aromatic N) is 1. The van der Waals surface area contributed by atoms with Gasteiger partial charge >= 0.3 is 0 Å². The Morgan fingerprint density at radius 1 is 1.41 bits per heavy atom. The van der Waals surface area contributed by atoms with Crippen LogP contribution in [0.25, 0.3) is 0 Å². The van der Waals surface area contributed by atoms with Crippen molar-refractivity contribution in [2.24, 2.45) is 0 Å². The van der Waals surface area contributed by atoms with Crippen LogP contribution in [0.15, 0.2) is 21.7 Å². The number of nitrogens with one attached hydrogen (secondary N) is 2. The van der Waals surface area contributed by atoms with Crippen molar-refractivity contribution >= 4 is 27.3 Å². The largest absolute Gasteiger partial charge is 0.340 e. The molecule has 22 heavy (non-hydrogen) atoms. The molecule has 0 aliphatic carbocycles. The fourth-order valence-corrected chi connectivity index (χ4v) is 5.38. The molecule has 3 rings (SSSR count). The third kappa shape index (κ3) is 3.34. The first-order chi connectivity index (χ1) is 10.5. The predicted molar refractivity (Wildman–Crippen MR) is 85.2 cm³/mol. The van der Waals surface area contributed by atoms with Gasteiger partial charge in [-0.25, -0.2) is 8.42 Å². The second kappa shape index (κ2) is 6.27.